The second-order valence-corrected chi connectivity index (χ2v) is 7.28. The van der Waals surface area contributed by atoms with Gasteiger partial charge in [0.05, 0.1) is 5.60 Å². The van der Waals surface area contributed by atoms with Gasteiger partial charge in [-0.05, 0) is 47.1 Å². The highest BCUT2D eigenvalue weighted by atomic mass is 16.5. The Labute approximate surface area is 124 Å². The van der Waals surface area contributed by atoms with Crippen molar-refractivity contribution in [1.82, 2.24) is 9.80 Å². The minimum Gasteiger partial charge on any atom is -0.375 e. The van der Waals surface area contributed by atoms with Crippen LogP contribution in [-0.4, -0.2) is 66.3 Å². The lowest BCUT2D eigenvalue weighted by Gasteiger charge is -2.56. The summed E-state index contributed by atoms with van der Waals surface area (Å²) in [6, 6.07) is 1.19. The Hall–Kier alpha value is -0.160. The molecule has 2 rings (SSSR count). The molecule has 2 saturated heterocycles. The molecular weight excluding hydrogens is 250 g/mol. The summed E-state index contributed by atoms with van der Waals surface area (Å²) < 4.78 is 6.04. The number of piperazine rings is 1. The Bertz CT molecular complexity index is 326. The van der Waals surface area contributed by atoms with E-state index < -0.39 is 0 Å². The van der Waals surface area contributed by atoms with Crippen molar-refractivity contribution in [2.24, 2.45) is 5.73 Å². The van der Waals surface area contributed by atoms with Crippen molar-refractivity contribution >= 4 is 0 Å². The van der Waals surface area contributed by atoms with Crippen molar-refractivity contribution in [2.45, 2.75) is 70.2 Å². The van der Waals surface area contributed by atoms with Crippen LogP contribution in [0.1, 0.15) is 47.0 Å². The van der Waals surface area contributed by atoms with Crippen LogP contribution in [0.25, 0.3) is 0 Å². The van der Waals surface area contributed by atoms with E-state index in [0.717, 1.165) is 45.5 Å². The fourth-order valence-electron chi connectivity index (χ4n) is 3.91. The van der Waals surface area contributed by atoms with E-state index in [2.05, 4.69) is 44.5 Å². The molecule has 0 aromatic heterocycles. The van der Waals surface area contributed by atoms with E-state index in [1.54, 1.807) is 0 Å². The number of rotatable bonds is 3. The minimum absolute atomic E-state index is 0.00650. The largest absolute Gasteiger partial charge is 0.375 e. The van der Waals surface area contributed by atoms with E-state index in [0.29, 0.717) is 12.1 Å². The molecule has 0 aromatic carbocycles. The summed E-state index contributed by atoms with van der Waals surface area (Å²) in [5, 5.41) is 0. The molecule has 2 aliphatic rings. The van der Waals surface area contributed by atoms with Gasteiger partial charge in [0.2, 0.25) is 0 Å². The molecule has 2 N–H and O–H groups in total. The molecule has 4 atom stereocenters. The maximum atomic E-state index is 6.26. The molecule has 118 valence electrons. The monoisotopic (exact) mass is 283 g/mol. The standard InChI is InChI=1S/C16H33N3O/c1-6-15(4)11-16(12-17,7-8-20-15)19-9-13(2)18(5)14(3)10-19/h13-14H,6-12,17H2,1-5H3. The van der Waals surface area contributed by atoms with Crippen LogP contribution in [-0.2, 0) is 4.74 Å². The summed E-state index contributed by atoms with van der Waals surface area (Å²) in [6.07, 6.45) is 3.20. The van der Waals surface area contributed by atoms with Gasteiger partial charge in [-0.2, -0.15) is 0 Å². The zero-order valence-electron chi connectivity index (χ0n) is 14.0. The number of likely N-dealkylation sites (N-methyl/N-ethyl adjacent to an activating group) is 1. The molecule has 2 aliphatic heterocycles. The highest BCUT2D eigenvalue weighted by Crippen LogP contribution is 2.39. The summed E-state index contributed by atoms with van der Waals surface area (Å²) in [7, 11) is 2.24. The van der Waals surface area contributed by atoms with Crippen LogP contribution in [0.15, 0.2) is 0 Å². The third kappa shape index (κ3) is 2.89. The molecule has 4 heteroatoms. The highest BCUT2D eigenvalue weighted by Gasteiger charge is 2.47. The number of hydrogen-bond acceptors (Lipinski definition) is 4. The third-order valence-electron chi connectivity index (χ3n) is 5.88. The Morgan fingerprint density at radius 3 is 2.35 bits per heavy atom. The summed E-state index contributed by atoms with van der Waals surface area (Å²) in [5.74, 6) is 0. The quantitative estimate of drug-likeness (QED) is 0.856. The van der Waals surface area contributed by atoms with Gasteiger partial charge in [0, 0.05) is 43.9 Å². The zero-order chi connectivity index (χ0) is 15.0. The minimum atomic E-state index is -0.00650. The number of nitrogens with zero attached hydrogens (tertiary/aromatic N) is 2. The van der Waals surface area contributed by atoms with E-state index in [1.165, 1.54) is 0 Å². The molecule has 0 aliphatic carbocycles. The van der Waals surface area contributed by atoms with Gasteiger partial charge in [-0.15, -0.1) is 0 Å². The van der Waals surface area contributed by atoms with Gasteiger partial charge in [-0.25, -0.2) is 0 Å². The van der Waals surface area contributed by atoms with Crippen molar-refractivity contribution in [3.05, 3.63) is 0 Å². The first kappa shape index (κ1) is 16.2. The van der Waals surface area contributed by atoms with Crippen molar-refractivity contribution in [3.63, 3.8) is 0 Å². The van der Waals surface area contributed by atoms with Gasteiger partial charge in [0.25, 0.3) is 0 Å². The van der Waals surface area contributed by atoms with Crippen LogP contribution in [0.4, 0.5) is 0 Å². The van der Waals surface area contributed by atoms with Crippen LogP contribution in [0.3, 0.4) is 0 Å². The SMILES string of the molecule is CCC1(C)CC(CN)(N2CC(C)N(C)C(C)C2)CCO1. The summed E-state index contributed by atoms with van der Waals surface area (Å²) >= 11 is 0. The second-order valence-electron chi connectivity index (χ2n) is 7.28. The Morgan fingerprint density at radius 2 is 1.85 bits per heavy atom. The average molecular weight is 283 g/mol. The molecule has 4 nitrogen and oxygen atoms in total. The van der Waals surface area contributed by atoms with Gasteiger partial charge in [-0.1, -0.05) is 6.92 Å². The molecule has 0 amide bonds. The molecule has 0 spiro atoms. The Kier molecular flexibility index (Phi) is 4.80. The number of nitrogens with two attached hydrogens (primary N) is 1. The summed E-state index contributed by atoms with van der Waals surface area (Å²) in [6.45, 7) is 13.0. The van der Waals surface area contributed by atoms with Crippen molar-refractivity contribution < 1.29 is 4.74 Å². The molecule has 4 unspecified atom stereocenters. The van der Waals surface area contributed by atoms with Gasteiger partial charge in [0.15, 0.2) is 0 Å². The zero-order valence-corrected chi connectivity index (χ0v) is 14.0. The van der Waals surface area contributed by atoms with Gasteiger partial charge in [-0.3, -0.25) is 9.80 Å². The van der Waals surface area contributed by atoms with E-state index in [-0.39, 0.29) is 11.1 Å². The van der Waals surface area contributed by atoms with Crippen molar-refractivity contribution in [1.29, 1.82) is 0 Å². The molecule has 20 heavy (non-hydrogen) atoms. The van der Waals surface area contributed by atoms with Crippen LogP contribution >= 0.6 is 0 Å². The fourth-order valence-corrected chi connectivity index (χ4v) is 3.91. The van der Waals surface area contributed by atoms with Crippen LogP contribution in [0, 0.1) is 0 Å². The first-order chi connectivity index (χ1) is 9.36. The predicted octanol–water partition coefficient (Wildman–Crippen LogP) is 1.69. The molecule has 0 bridgehead atoms. The van der Waals surface area contributed by atoms with Crippen molar-refractivity contribution in [2.75, 3.05) is 33.3 Å². The van der Waals surface area contributed by atoms with Crippen molar-refractivity contribution in [3.8, 4) is 0 Å². The Morgan fingerprint density at radius 1 is 1.25 bits per heavy atom. The average Bonchev–Trinajstić information content (AvgIpc) is 2.44. The summed E-state index contributed by atoms with van der Waals surface area (Å²) in [5.41, 5.74) is 6.38. The molecule has 0 radical (unpaired) electrons. The van der Waals surface area contributed by atoms with E-state index in [9.17, 15) is 0 Å². The molecule has 0 aromatic rings. The molecule has 2 fully saturated rings. The van der Waals surface area contributed by atoms with Gasteiger partial charge >= 0.3 is 0 Å². The highest BCUT2D eigenvalue weighted by molar-refractivity contribution is 5.03. The second kappa shape index (κ2) is 5.91. The smallest absolute Gasteiger partial charge is 0.0670 e. The number of hydrogen-bond donors (Lipinski definition) is 1. The first-order valence-electron chi connectivity index (χ1n) is 8.17. The molecule has 2 heterocycles. The third-order valence-corrected chi connectivity index (χ3v) is 5.88. The Balaban J connectivity index is 2.18. The first-order valence-corrected chi connectivity index (χ1v) is 8.17. The molecule has 0 saturated carbocycles. The molecular formula is C16H33N3O. The number of ether oxygens (including phenoxy) is 1. The lowest BCUT2D eigenvalue weighted by molar-refractivity contribution is -0.141. The van der Waals surface area contributed by atoms with E-state index in [1.807, 2.05) is 0 Å². The topological polar surface area (TPSA) is 41.7 Å². The fraction of sp³-hybridized carbons (Fsp3) is 1.00. The maximum Gasteiger partial charge on any atom is 0.0670 e. The summed E-state index contributed by atoms with van der Waals surface area (Å²) in [4.78, 5) is 5.15. The normalized spacial score (nSPS) is 44.7. The van der Waals surface area contributed by atoms with E-state index >= 15 is 0 Å². The lowest BCUT2D eigenvalue weighted by atomic mass is 9.77. The maximum absolute atomic E-state index is 6.26. The lowest BCUT2D eigenvalue weighted by Crippen LogP contribution is -2.67. The van der Waals surface area contributed by atoms with Gasteiger partial charge < -0.3 is 10.5 Å². The van der Waals surface area contributed by atoms with Gasteiger partial charge in [0.1, 0.15) is 0 Å². The van der Waals surface area contributed by atoms with E-state index in [4.69, 9.17) is 10.5 Å². The van der Waals surface area contributed by atoms with Crippen LogP contribution in [0.2, 0.25) is 0 Å². The van der Waals surface area contributed by atoms with Crippen LogP contribution in [0.5, 0.6) is 0 Å². The predicted molar refractivity (Wildman–Crippen MR) is 83.9 cm³/mol. The van der Waals surface area contributed by atoms with Crippen LogP contribution < -0.4 is 5.73 Å².